The zero-order chi connectivity index (χ0) is 22.0. The van der Waals surface area contributed by atoms with E-state index in [9.17, 15) is 17.6 Å². The molecule has 1 aliphatic heterocycles. The predicted molar refractivity (Wildman–Crippen MR) is 113 cm³/mol. The fourth-order valence-corrected chi connectivity index (χ4v) is 5.03. The van der Waals surface area contributed by atoms with Crippen LogP contribution in [0.25, 0.3) is 5.82 Å². The van der Waals surface area contributed by atoms with Crippen molar-refractivity contribution in [2.24, 2.45) is 5.92 Å². The van der Waals surface area contributed by atoms with Gasteiger partial charge in [0, 0.05) is 31.2 Å². The number of anilines is 1. The largest absolute Gasteiger partial charge is 0.321 e. The third kappa shape index (κ3) is 4.64. The maximum absolute atomic E-state index is 13.0. The fourth-order valence-electron chi connectivity index (χ4n) is 3.49. The third-order valence-electron chi connectivity index (χ3n) is 5.16. The van der Waals surface area contributed by atoms with E-state index in [1.165, 1.54) is 57.9 Å². The van der Waals surface area contributed by atoms with Crippen molar-refractivity contribution in [2.45, 2.75) is 24.7 Å². The first-order valence-electron chi connectivity index (χ1n) is 9.90. The van der Waals surface area contributed by atoms with Crippen molar-refractivity contribution in [3.8, 4) is 5.82 Å². The molecule has 1 saturated heterocycles. The molecule has 1 atom stereocenters. The van der Waals surface area contributed by atoms with E-state index in [1.54, 1.807) is 6.07 Å². The summed E-state index contributed by atoms with van der Waals surface area (Å²) in [5.74, 6) is -0.0853. The van der Waals surface area contributed by atoms with Crippen LogP contribution in [0.1, 0.15) is 30.3 Å². The first-order chi connectivity index (χ1) is 14.8. The molecule has 10 heteroatoms. The van der Waals surface area contributed by atoms with Gasteiger partial charge in [-0.3, -0.25) is 9.36 Å². The molecule has 1 fully saturated rings. The lowest BCUT2D eigenvalue weighted by molar-refractivity contribution is 0.102. The molecule has 3 heterocycles. The average molecular weight is 444 g/mol. The van der Waals surface area contributed by atoms with Gasteiger partial charge in [0.25, 0.3) is 5.91 Å². The number of amides is 1. The van der Waals surface area contributed by atoms with E-state index in [0.29, 0.717) is 30.5 Å². The number of nitrogens with zero attached hydrogens (tertiary/aromatic N) is 4. The number of aromatic nitrogens is 3. The molecule has 2 aromatic heterocycles. The molecular weight excluding hydrogens is 421 g/mol. The molecule has 1 N–H and O–H groups in total. The third-order valence-corrected chi connectivity index (χ3v) is 7.01. The number of piperidine rings is 1. The van der Waals surface area contributed by atoms with Crippen molar-refractivity contribution in [3.63, 3.8) is 0 Å². The van der Waals surface area contributed by atoms with E-state index >= 15 is 0 Å². The van der Waals surface area contributed by atoms with Crippen LogP contribution in [0.15, 0.2) is 60.0 Å². The van der Waals surface area contributed by atoms with E-state index in [0.717, 1.165) is 12.8 Å². The van der Waals surface area contributed by atoms with E-state index in [2.05, 4.69) is 15.3 Å². The van der Waals surface area contributed by atoms with Gasteiger partial charge in [-0.1, -0.05) is 6.92 Å². The Labute approximate surface area is 179 Å². The molecule has 0 aliphatic carbocycles. The number of hydrogen-bond acceptors (Lipinski definition) is 5. The van der Waals surface area contributed by atoms with Gasteiger partial charge in [0.2, 0.25) is 10.0 Å². The highest BCUT2D eigenvalue weighted by Crippen LogP contribution is 2.23. The molecule has 0 bridgehead atoms. The van der Waals surface area contributed by atoms with Crippen LogP contribution < -0.4 is 5.32 Å². The second kappa shape index (κ2) is 8.56. The summed E-state index contributed by atoms with van der Waals surface area (Å²) < 4.78 is 41.7. The van der Waals surface area contributed by atoms with Crippen LogP contribution in [-0.4, -0.2) is 46.3 Å². The smallest absolute Gasteiger partial charge is 0.275 e. The zero-order valence-corrected chi connectivity index (χ0v) is 17.7. The number of pyridine rings is 1. The monoisotopic (exact) mass is 443 g/mol. The summed E-state index contributed by atoms with van der Waals surface area (Å²) >= 11 is 0. The minimum absolute atomic E-state index is 0.139. The van der Waals surface area contributed by atoms with Gasteiger partial charge in [-0.2, -0.15) is 4.31 Å². The van der Waals surface area contributed by atoms with E-state index in [-0.39, 0.29) is 10.6 Å². The van der Waals surface area contributed by atoms with Gasteiger partial charge in [0.1, 0.15) is 28.6 Å². The van der Waals surface area contributed by atoms with Gasteiger partial charge in [-0.25, -0.2) is 22.8 Å². The quantitative estimate of drug-likeness (QED) is 0.654. The number of sulfonamides is 1. The Bertz CT molecular complexity index is 1180. The van der Waals surface area contributed by atoms with E-state index < -0.39 is 21.7 Å². The molecule has 31 heavy (non-hydrogen) atoms. The summed E-state index contributed by atoms with van der Waals surface area (Å²) in [6.07, 6.45) is 6.11. The van der Waals surface area contributed by atoms with E-state index in [1.807, 2.05) is 6.92 Å². The Balaban J connectivity index is 1.48. The van der Waals surface area contributed by atoms with Crippen molar-refractivity contribution in [1.29, 1.82) is 0 Å². The average Bonchev–Trinajstić information content (AvgIpc) is 3.26. The summed E-state index contributed by atoms with van der Waals surface area (Å²) in [4.78, 5) is 20.8. The van der Waals surface area contributed by atoms with Crippen LogP contribution in [0.5, 0.6) is 0 Å². The lowest BCUT2D eigenvalue weighted by Crippen LogP contribution is -2.39. The minimum atomic E-state index is -3.58. The second-order valence-corrected chi connectivity index (χ2v) is 9.53. The van der Waals surface area contributed by atoms with Crippen LogP contribution in [0, 0.1) is 11.7 Å². The first kappa shape index (κ1) is 21.1. The molecule has 0 radical (unpaired) electrons. The summed E-state index contributed by atoms with van der Waals surface area (Å²) in [5.41, 5.74) is 0.589. The highest BCUT2D eigenvalue weighted by atomic mass is 32.2. The minimum Gasteiger partial charge on any atom is -0.321 e. The van der Waals surface area contributed by atoms with Gasteiger partial charge < -0.3 is 5.32 Å². The lowest BCUT2D eigenvalue weighted by atomic mass is 10.0. The SMILES string of the molecule is C[C@@H]1CCCN(S(=O)(=O)c2ccc(-n3cnc(C(=O)Nc4ccc(F)cc4)c3)nc2)C1. The number of carbonyl (C=O) groups excluding carboxylic acids is 1. The topological polar surface area (TPSA) is 97.2 Å². The van der Waals surface area contributed by atoms with Crippen molar-refractivity contribution in [3.05, 3.63) is 66.6 Å². The predicted octanol–water partition coefficient (Wildman–Crippen LogP) is 3.08. The van der Waals surface area contributed by atoms with Crippen molar-refractivity contribution >= 4 is 21.6 Å². The number of benzene rings is 1. The number of hydrogen-bond donors (Lipinski definition) is 1. The molecule has 0 saturated carbocycles. The van der Waals surface area contributed by atoms with Gasteiger partial charge in [-0.05, 0) is 55.2 Å². The summed E-state index contributed by atoms with van der Waals surface area (Å²) in [6.45, 7) is 3.08. The molecular formula is C21H22FN5O3S. The molecule has 1 aliphatic rings. The van der Waals surface area contributed by atoms with Gasteiger partial charge in [-0.15, -0.1) is 0 Å². The molecule has 0 spiro atoms. The van der Waals surface area contributed by atoms with Crippen molar-refractivity contribution in [2.75, 3.05) is 18.4 Å². The zero-order valence-electron chi connectivity index (χ0n) is 16.9. The number of nitrogens with one attached hydrogen (secondary N) is 1. The number of rotatable bonds is 5. The Hall–Kier alpha value is -3.11. The highest BCUT2D eigenvalue weighted by molar-refractivity contribution is 7.89. The maximum atomic E-state index is 13.0. The second-order valence-electron chi connectivity index (χ2n) is 7.59. The molecule has 4 rings (SSSR count). The lowest BCUT2D eigenvalue weighted by Gasteiger charge is -2.29. The van der Waals surface area contributed by atoms with Crippen LogP contribution in [0.2, 0.25) is 0 Å². The van der Waals surface area contributed by atoms with Gasteiger partial charge >= 0.3 is 0 Å². The Morgan fingerprint density at radius 3 is 2.61 bits per heavy atom. The molecule has 1 amide bonds. The van der Waals surface area contributed by atoms with Crippen molar-refractivity contribution in [1.82, 2.24) is 18.8 Å². The molecule has 0 unspecified atom stereocenters. The number of halogens is 1. The number of imidazole rings is 1. The molecule has 8 nitrogen and oxygen atoms in total. The Kier molecular flexibility index (Phi) is 5.84. The molecule has 1 aromatic carbocycles. The van der Waals surface area contributed by atoms with Crippen LogP contribution in [0.3, 0.4) is 0 Å². The normalized spacial score (nSPS) is 17.4. The van der Waals surface area contributed by atoms with Gasteiger partial charge in [0.15, 0.2) is 0 Å². The standard InChI is InChI=1S/C21H22FN5O3S/c1-15-3-2-10-27(12-15)31(29,30)18-8-9-20(23-11-18)26-13-19(24-14-26)21(28)25-17-6-4-16(22)5-7-17/h4-9,11,13-15H,2-3,10,12H2,1H3,(H,25,28)/t15-/m1/s1. The first-order valence-corrected chi connectivity index (χ1v) is 11.3. The Morgan fingerprint density at radius 2 is 1.94 bits per heavy atom. The Morgan fingerprint density at radius 1 is 1.16 bits per heavy atom. The van der Waals surface area contributed by atoms with Crippen LogP contribution in [0.4, 0.5) is 10.1 Å². The van der Waals surface area contributed by atoms with Crippen molar-refractivity contribution < 1.29 is 17.6 Å². The fraction of sp³-hybridized carbons (Fsp3) is 0.286. The number of carbonyl (C=O) groups is 1. The van der Waals surface area contributed by atoms with Crippen LogP contribution >= 0.6 is 0 Å². The molecule has 162 valence electrons. The van der Waals surface area contributed by atoms with E-state index in [4.69, 9.17) is 0 Å². The summed E-state index contributed by atoms with van der Waals surface area (Å²) in [6, 6.07) is 8.48. The van der Waals surface area contributed by atoms with Crippen LogP contribution in [-0.2, 0) is 10.0 Å². The van der Waals surface area contributed by atoms with Gasteiger partial charge in [0.05, 0.1) is 0 Å². The highest BCUT2D eigenvalue weighted by Gasteiger charge is 2.28. The maximum Gasteiger partial charge on any atom is 0.275 e. The summed E-state index contributed by atoms with van der Waals surface area (Å²) in [7, 11) is -3.58. The molecule has 3 aromatic rings. The summed E-state index contributed by atoms with van der Waals surface area (Å²) in [5, 5.41) is 2.63.